The van der Waals surface area contributed by atoms with Crippen molar-refractivity contribution < 1.29 is 65.2 Å². The van der Waals surface area contributed by atoms with Crippen LogP contribution in [0.4, 0.5) is 19.0 Å². The monoisotopic (exact) mass is 779 g/mol. The summed E-state index contributed by atoms with van der Waals surface area (Å²) in [5.74, 6) is -0.793. The van der Waals surface area contributed by atoms with Gasteiger partial charge in [0.15, 0.2) is 29.3 Å². The molecule has 17 nitrogen and oxygen atoms in total. The van der Waals surface area contributed by atoms with Crippen molar-refractivity contribution in [2.24, 2.45) is 0 Å². The van der Waals surface area contributed by atoms with Crippen molar-refractivity contribution in [1.29, 1.82) is 0 Å². The standard InChI is InChI=1S/C28H28F3N5O12S3/c1-49(38,39)45-14-27(15-46-50(2,40)41)22(44-13-18-9-5-3-6-10-18)21(48-51(42,43)28(29,30)31)26(47-27)36-17-34-20-23(32-16-33-24(20)36)35-25(37)19-11-7-4-8-12-19/h3-12,16-17,21-22,26H,13-15H2,1-2H3,(H,32,33,35,37)/t21-,22-,26-/m1/s1. The summed E-state index contributed by atoms with van der Waals surface area (Å²) in [7, 11) is -15.2. The van der Waals surface area contributed by atoms with Crippen molar-refractivity contribution >= 4 is 53.2 Å². The molecule has 51 heavy (non-hydrogen) atoms. The molecule has 5 rings (SSSR count). The van der Waals surface area contributed by atoms with E-state index in [1.54, 1.807) is 48.5 Å². The van der Waals surface area contributed by atoms with Gasteiger partial charge in [-0.15, -0.1) is 0 Å². The normalized spacial score (nSPS) is 19.7. The zero-order chi connectivity index (χ0) is 37.2. The number of carbonyl (C=O) groups is 1. The van der Waals surface area contributed by atoms with Crippen LogP contribution in [-0.4, -0.2) is 99.7 Å². The highest BCUT2D eigenvalue weighted by Crippen LogP contribution is 2.45. The molecular weight excluding hydrogens is 752 g/mol. The molecule has 3 atom stereocenters. The van der Waals surface area contributed by atoms with Crippen molar-refractivity contribution in [3.8, 4) is 0 Å². The van der Waals surface area contributed by atoms with E-state index in [0.717, 1.165) is 17.2 Å². The first-order valence-corrected chi connectivity index (χ1v) is 19.4. The highest BCUT2D eigenvalue weighted by atomic mass is 32.2. The lowest BCUT2D eigenvalue weighted by molar-refractivity contribution is -0.153. The maximum atomic E-state index is 13.8. The molecule has 0 aliphatic carbocycles. The summed E-state index contributed by atoms with van der Waals surface area (Å²) in [4.78, 5) is 25.1. The van der Waals surface area contributed by atoms with Gasteiger partial charge in [-0.05, 0) is 17.7 Å². The Morgan fingerprint density at radius 2 is 1.49 bits per heavy atom. The smallest absolute Gasteiger partial charge is 0.367 e. The SMILES string of the molecule is CS(=O)(=O)OCC1(COS(C)(=O)=O)O[C@@H](n2cnc3c(NC(=O)c4ccccc4)ncnc32)[C@H](OS(=O)(=O)C(F)(F)F)[C@H]1OCc1ccccc1. The topological polar surface area (TPSA) is 221 Å². The Balaban J connectivity index is 1.66. The van der Waals surface area contributed by atoms with Crippen LogP contribution >= 0.6 is 0 Å². The van der Waals surface area contributed by atoms with E-state index in [2.05, 4.69) is 20.3 Å². The van der Waals surface area contributed by atoms with Crippen LogP contribution in [0.25, 0.3) is 11.2 Å². The van der Waals surface area contributed by atoms with E-state index in [1.165, 1.54) is 12.1 Å². The van der Waals surface area contributed by atoms with Gasteiger partial charge in [0, 0.05) is 5.56 Å². The molecule has 1 aliphatic heterocycles. The Hall–Kier alpha value is -4.10. The van der Waals surface area contributed by atoms with Crippen LogP contribution in [0.3, 0.4) is 0 Å². The molecule has 23 heteroatoms. The number of halogens is 3. The first kappa shape index (κ1) is 38.1. The van der Waals surface area contributed by atoms with E-state index >= 15 is 0 Å². The number of nitrogens with one attached hydrogen (secondary N) is 1. The van der Waals surface area contributed by atoms with Gasteiger partial charge in [-0.2, -0.15) is 38.4 Å². The average molecular weight is 780 g/mol. The summed E-state index contributed by atoms with van der Waals surface area (Å²) in [6.07, 6.45) is -3.35. The molecule has 0 spiro atoms. The first-order valence-electron chi connectivity index (χ1n) is 14.3. The van der Waals surface area contributed by atoms with Gasteiger partial charge in [0.25, 0.3) is 26.1 Å². The van der Waals surface area contributed by atoms with Gasteiger partial charge >= 0.3 is 15.6 Å². The number of anilines is 1. The number of hydrogen-bond donors (Lipinski definition) is 1. The number of aromatic nitrogens is 4. The van der Waals surface area contributed by atoms with Crippen molar-refractivity contribution in [2.45, 2.75) is 36.2 Å². The molecule has 2 aromatic heterocycles. The Kier molecular flexibility index (Phi) is 10.8. The van der Waals surface area contributed by atoms with Gasteiger partial charge < -0.3 is 14.8 Å². The van der Waals surface area contributed by atoms with Crippen LogP contribution in [0, 0.1) is 0 Å². The van der Waals surface area contributed by atoms with E-state index in [1.807, 2.05) is 0 Å². The second kappa shape index (κ2) is 14.5. The first-order chi connectivity index (χ1) is 23.8. The lowest BCUT2D eigenvalue weighted by Crippen LogP contribution is -2.53. The van der Waals surface area contributed by atoms with E-state index in [0.29, 0.717) is 18.1 Å². The Bertz CT molecular complexity index is 2170. The van der Waals surface area contributed by atoms with Crippen molar-refractivity contribution in [1.82, 2.24) is 19.5 Å². The quantitative estimate of drug-likeness (QED) is 0.143. The molecule has 0 unspecified atom stereocenters. The molecule has 276 valence electrons. The zero-order valence-electron chi connectivity index (χ0n) is 26.3. The zero-order valence-corrected chi connectivity index (χ0v) is 28.8. The minimum atomic E-state index is -6.47. The van der Waals surface area contributed by atoms with Gasteiger partial charge in [0.2, 0.25) is 0 Å². The molecule has 0 radical (unpaired) electrons. The van der Waals surface area contributed by atoms with E-state index in [-0.39, 0.29) is 22.5 Å². The van der Waals surface area contributed by atoms with Gasteiger partial charge in [-0.1, -0.05) is 48.5 Å². The number of benzene rings is 2. The van der Waals surface area contributed by atoms with Crippen LogP contribution in [0.15, 0.2) is 73.3 Å². The highest BCUT2D eigenvalue weighted by molar-refractivity contribution is 7.87. The lowest BCUT2D eigenvalue weighted by Gasteiger charge is -2.33. The number of rotatable bonds is 14. The molecule has 1 amide bonds. The third-order valence-electron chi connectivity index (χ3n) is 7.18. The van der Waals surface area contributed by atoms with Gasteiger partial charge in [-0.3, -0.25) is 21.9 Å². The summed E-state index contributed by atoms with van der Waals surface area (Å²) in [6.45, 7) is -2.79. The number of ether oxygens (including phenoxy) is 2. The largest absolute Gasteiger partial charge is 0.523 e. The molecular formula is C28H28F3N5O12S3. The van der Waals surface area contributed by atoms with E-state index in [9.17, 15) is 43.2 Å². The fraction of sp³-hybridized carbons (Fsp3) is 0.357. The summed E-state index contributed by atoms with van der Waals surface area (Å²) in [5.41, 5.74) is -8.25. The van der Waals surface area contributed by atoms with E-state index < -0.39 is 85.6 Å². The van der Waals surface area contributed by atoms with Crippen molar-refractivity contribution in [3.63, 3.8) is 0 Å². The van der Waals surface area contributed by atoms with Gasteiger partial charge in [0.05, 0.1) is 25.4 Å². The predicted octanol–water partition coefficient (Wildman–Crippen LogP) is 2.12. The molecule has 0 saturated carbocycles. The number of carbonyl (C=O) groups excluding carboxylic acids is 1. The number of imidazole rings is 1. The fourth-order valence-electron chi connectivity index (χ4n) is 4.93. The molecule has 3 heterocycles. The van der Waals surface area contributed by atoms with Crippen molar-refractivity contribution in [2.75, 3.05) is 31.0 Å². The summed E-state index contributed by atoms with van der Waals surface area (Å²) >= 11 is 0. The Morgan fingerprint density at radius 3 is 2.06 bits per heavy atom. The third-order valence-corrected chi connectivity index (χ3v) is 9.32. The Morgan fingerprint density at radius 1 is 0.902 bits per heavy atom. The second-order valence-electron chi connectivity index (χ2n) is 11.1. The maximum absolute atomic E-state index is 13.8. The molecule has 1 fully saturated rings. The summed E-state index contributed by atoms with van der Waals surface area (Å²) < 4.78 is 143. The Labute approximate surface area is 289 Å². The van der Waals surface area contributed by atoms with Crippen molar-refractivity contribution in [3.05, 3.63) is 84.4 Å². The number of amides is 1. The minimum Gasteiger partial charge on any atom is -0.367 e. The fourth-order valence-corrected chi connectivity index (χ4v) is 6.36. The number of fused-ring (bicyclic) bond motifs is 1. The molecule has 1 aliphatic rings. The summed E-state index contributed by atoms with van der Waals surface area (Å²) in [5, 5.41) is 2.53. The minimum absolute atomic E-state index is 0.151. The average Bonchev–Trinajstić information content (AvgIpc) is 3.61. The van der Waals surface area contributed by atoms with E-state index in [4.69, 9.17) is 22.0 Å². The van der Waals surface area contributed by atoms with Crippen LogP contribution in [0.1, 0.15) is 22.1 Å². The maximum Gasteiger partial charge on any atom is 0.523 e. The molecule has 1 saturated heterocycles. The van der Waals surface area contributed by atoms with Crippen LogP contribution < -0.4 is 5.32 Å². The lowest BCUT2D eigenvalue weighted by atomic mass is 9.96. The number of nitrogens with zero attached hydrogens (tertiary/aromatic N) is 4. The van der Waals surface area contributed by atoms with Gasteiger partial charge in [-0.25, -0.2) is 15.0 Å². The third kappa shape index (κ3) is 9.04. The van der Waals surface area contributed by atoms with Crippen LogP contribution in [0.5, 0.6) is 0 Å². The summed E-state index contributed by atoms with van der Waals surface area (Å²) in [6, 6.07) is 15.8. The van der Waals surface area contributed by atoms with Crippen LogP contribution in [-0.2, 0) is 59.0 Å². The number of alkyl halides is 3. The molecule has 4 aromatic rings. The molecule has 0 bridgehead atoms. The van der Waals surface area contributed by atoms with Crippen LogP contribution in [0.2, 0.25) is 0 Å². The second-order valence-corrected chi connectivity index (χ2v) is 15.9. The molecule has 2 aromatic carbocycles. The molecule has 1 N–H and O–H groups in total. The highest BCUT2D eigenvalue weighted by Gasteiger charge is 2.62. The number of hydrogen-bond acceptors (Lipinski definition) is 15. The van der Waals surface area contributed by atoms with Gasteiger partial charge in [0.1, 0.15) is 31.2 Å². The predicted molar refractivity (Wildman–Crippen MR) is 169 cm³/mol.